The Hall–Kier alpha value is -3.71. The fraction of sp³-hybridized carbons (Fsp3) is 0.227. The van der Waals surface area contributed by atoms with Crippen molar-refractivity contribution < 1.29 is 29.4 Å². The fourth-order valence-electron chi connectivity index (χ4n) is 2.51. The molecule has 9 nitrogen and oxygen atoms in total. The van der Waals surface area contributed by atoms with Crippen LogP contribution in [0.25, 0.3) is 0 Å². The van der Waals surface area contributed by atoms with Gasteiger partial charge in [0.15, 0.2) is 0 Å². The van der Waals surface area contributed by atoms with Crippen LogP contribution in [0.4, 0.5) is 5.69 Å². The number of hydroxylamine groups is 1. The molecule has 5 N–H and O–H groups in total. The Bertz CT molecular complexity index is 975. The van der Waals surface area contributed by atoms with Gasteiger partial charge in [0.2, 0.25) is 5.91 Å². The maximum Gasteiger partial charge on any atom is 0.268 e. The summed E-state index contributed by atoms with van der Waals surface area (Å²) in [4.78, 5) is 35.3. The summed E-state index contributed by atoms with van der Waals surface area (Å²) in [5, 5.41) is 23.3. The summed E-state index contributed by atoms with van der Waals surface area (Å²) < 4.78 is 4.76. The van der Waals surface area contributed by atoms with Crippen molar-refractivity contribution in [1.82, 2.24) is 10.8 Å². The highest BCUT2D eigenvalue weighted by Gasteiger charge is 2.25. The molecule has 0 aliphatic rings. The van der Waals surface area contributed by atoms with Gasteiger partial charge in [0.1, 0.15) is 12.6 Å². The zero-order valence-corrected chi connectivity index (χ0v) is 17.0. The predicted molar refractivity (Wildman–Crippen MR) is 112 cm³/mol. The van der Waals surface area contributed by atoms with Crippen molar-refractivity contribution in [3.8, 4) is 11.8 Å². The minimum absolute atomic E-state index is 0.0239. The van der Waals surface area contributed by atoms with Gasteiger partial charge in [-0.2, -0.15) is 0 Å². The summed E-state index contributed by atoms with van der Waals surface area (Å²) in [7, 11) is 1.44. The summed E-state index contributed by atoms with van der Waals surface area (Å²) in [5.74, 6) is 4.20. The van der Waals surface area contributed by atoms with Gasteiger partial charge >= 0.3 is 0 Å². The number of carbonyl (C=O) groups excluding carboxylic acids is 3. The van der Waals surface area contributed by atoms with Crippen LogP contribution in [0.2, 0.25) is 0 Å². The van der Waals surface area contributed by atoms with Gasteiger partial charge in [-0.15, -0.1) is 0 Å². The van der Waals surface area contributed by atoms with E-state index in [9.17, 15) is 19.5 Å². The van der Waals surface area contributed by atoms with Gasteiger partial charge in [-0.05, 0) is 55.5 Å². The van der Waals surface area contributed by atoms with Gasteiger partial charge in [0.05, 0.1) is 6.10 Å². The Balaban J connectivity index is 2.01. The largest absolute Gasteiger partial charge is 0.391 e. The van der Waals surface area contributed by atoms with Crippen molar-refractivity contribution >= 4 is 23.4 Å². The molecule has 2 atom stereocenters. The standard InChI is InChI=1S/C22H23N3O6/c1-14(26)20(22(29)25-30)24-21(28)17-9-5-15(6-10-17)3-4-16-7-11-18(12-8-16)23-19(27)13-31-2/h5-12,14,20,26,30H,13H2,1-2H3,(H,23,27)(H,24,28)(H,25,29). The second-order valence-corrected chi connectivity index (χ2v) is 6.55. The van der Waals surface area contributed by atoms with E-state index < -0.39 is 24.0 Å². The van der Waals surface area contributed by atoms with Crippen LogP contribution in [-0.2, 0) is 14.3 Å². The van der Waals surface area contributed by atoms with Crippen LogP contribution in [-0.4, -0.2) is 53.9 Å². The van der Waals surface area contributed by atoms with Crippen molar-refractivity contribution in [3.63, 3.8) is 0 Å². The Morgan fingerprint density at radius 2 is 1.55 bits per heavy atom. The van der Waals surface area contributed by atoms with Crippen LogP contribution < -0.4 is 16.1 Å². The van der Waals surface area contributed by atoms with E-state index in [0.29, 0.717) is 11.3 Å². The maximum atomic E-state index is 12.3. The average Bonchev–Trinajstić information content (AvgIpc) is 2.76. The lowest BCUT2D eigenvalue weighted by atomic mass is 10.1. The summed E-state index contributed by atoms with van der Waals surface area (Å²) in [6.45, 7) is 1.29. The second-order valence-electron chi connectivity index (χ2n) is 6.55. The van der Waals surface area contributed by atoms with E-state index in [0.717, 1.165) is 5.56 Å². The van der Waals surface area contributed by atoms with E-state index in [1.54, 1.807) is 36.4 Å². The zero-order chi connectivity index (χ0) is 22.8. The molecule has 2 aromatic rings. The van der Waals surface area contributed by atoms with E-state index >= 15 is 0 Å². The van der Waals surface area contributed by atoms with Crippen molar-refractivity contribution in [1.29, 1.82) is 0 Å². The number of methoxy groups -OCH3 is 1. The van der Waals surface area contributed by atoms with Crippen molar-refractivity contribution in [3.05, 3.63) is 65.2 Å². The quantitative estimate of drug-likeness (QED) is 0.251. The Morgan fingerprint density at radius 1 is 1.00 bits per heavy atom. The summed E-state index contributed by atoms with van der Waals surface area (Å²) in [6.07, 6.45) is -1.19. The number of hydrogen-bond acceptors (Lipinski definition) is 6. The number of amides is 3. The molecule has 0 radical (unpaired) electrons. The summed E-state index contributed by atoms with van der Waals surface area (Å²) in [6, 6.07) is 12.0. The van der Waals surface area contributed by atoms with Crippen molar-refractivity contribution in [2.45, 2.75) is 19.1 Å². The third kappa shape index (κ3) is 7.24. The van der Waals surface area contributed by atoms with E-state index in [2.05, 4.69) is 22.5 Å². The molecular weight excluding hydrogens is 402 g/mol. The number of anilines is 1. The molecule has 0 fully saturated rings. The highest BCUT2D eigenvalue weighted by molar-refractivity contribution is 5.97. The SMILES string of the molecule is COCC(=O)Nc1ccc(C#Cc2ccc(C(=O)NC(C(=O)NO)C(C)O)cc2)cc1. The number of aliphatic hydroxyl groups excluding tert-OH is 1. The second kappa shape index (κ2) is 11.5. The monoisotopic (exact) mass is 425 g/mol. The number of aliphatic hydroxyl groups is 1. The van der Waals surface area contributed by atoms with Gasteiger partial charge in [-0.25, -0.2) is 5.48 Å². The summed E-state index contributed by atoms with van der Waals surface area (Å²) >= 11 is 0. The average molecular weight is 425 g/mol. The first-order chi connectivity index (χ1) is 14.8. The van der Waals surface area contributed by atoms with Gasteiger partial charge < -0.3 is 20.5 Å². The van der Waals surface area contributed by atoms with E-state index in [1.807, 2.05) is 0 Å². The normalized spacial score (nSPS) is 12.0. The molecule has 0 saturated carbocycles. The minimum Gasteiger partial charge on any atom is -0.391 e. The van der Waals surface area contributed by atoms with Gasteiger partial charge in [-0.1, -0.05) is 11.8 Å². The molecule has 0 aliphatic heterocycles. The smallest absolute Gasteiger partial charge is 0.268 e. The van der Waals surface area contributed by atoms with Crippen LogP contribution in [0, 0.1) is 11.8 Å². The first-order valence-electron chi connectivity index (χ1n) is 9.28. The molecule has 0 spiro atoms. The number of carbonyl (C=O) groups is 3. The molecule has 162 valence electrons. The number of ether oxygens (including phenoxy) is 1. The lowest BCUT2D eigenvalue weighted by molar-refractivity contribution is -0.133. The van der Waals surface area contributed by atoms with Gasteiger partial charge in [-0.3, -0.25) is 19.6 Å². The molecule has 0 aromatic heterocycles. The molecular formula is C22H23N3O6. The Labute approximate surface area is 179 Å². The molecule has 2 aromatic carbocycles. The van der Waals surface area contributed by atoms with Crippen LogP contribution in [0.3, 0.4) is 0 Å². The number of nitrogens with one attached hydrogen (secondary N) is 3. The predicted octanol–water partition coefficient (Wildman–Crippen LogP) is 0.656. The molecule has 0 saturated heterocycles. The Kier molecular flexibility index (Phi) is 8.72. The van der Waals surface area contributed by atoms with E-state index in [4.69, 9.17) is 9.94 Å². The molecule has 31 heavy (non-hydrogen) atoms. The van der Waals surface area contributed by atoms with E-state index in [1.165, 1.54) is 31.6 Å². The first-order valence-corrected chi connectivity index (χ1v) is 9.28. The lowest BCUT2D eigenvalue weighted by Gasteiger charge is -2.19. The zero-order valence-electron chi connectivity index (χ0n) is 17.0. The van der Waals surface area contributed by atoms with Crippen LogP contribution in [0.1, 0.15) is 28.4 Å². The van der Waals surface area contributed by atoms with Gasteiger partial charge in [0.25, 0.3) is 11.8 Å². The number of benzene rings is 2. The highest BCUT2D eigenvalue weighted by Crippen LogP contribution is 2.10. The number of hydrogen-bond donors (Lipinski definition) is 5. The third-order valence-electron chi connectivity index (χ3n) is 4.10. The lowest BCUT2D eigenvalue weighted by Crippen LogP contribution is -2.51. The molecule has 0 heterocycles. The molecule has 2 unspecified atom stereocenters. The minimum atomic E-state index is -1.29. The fourth-order valence-corrected chi connectivity index (χ4v) is 2.51. The van der Waals surface area contributed by atoms with Gasteiger partial charge in [0, 0.05) is 29.5 Å². The molecule has 9 heteroatoms. The first kappa shape index (κ1) is 23.6. The van der Waals surface area contributed by atoms with Crippen LogP contribution in [0.5, 0.6) is 0 Å². The molecule has 2 rings (SSSR count). The third-order valence-corrected chi connectivity index (χ3v) is 4.10. The van der Waals surface area contributed by atoms with Crippen molar-refractivity contribution in [2.24, 2.45) is 0 Å². The molecule has 3 amide bonds. The van der Waals surface area contributed by atoms with Crippen molar-refractivity contribution in [2.75, 3.05) is 19.0 Å². The topological polar surface area (TPSA) is 137 Å². The Morgan fingerprint density at radius 3 is 2.03 bits per heavy atom. The molecule has 0 aliphatic carbocycles. The van der Waals surface area contributed by atoms with Crippen LogP contribution in [0.15, 0.2) is 48.5 Å². The van der Waals surface area contributed by atoms with E-state index in [-0.39, 0.29) is 18.1 Å². The highest BCUT2D eigenvalue weighted by atomic mass is 16.5. The maximum absolute atomic E-state index is 12.3. The molecule has 0 bridgehead atoms. The summed E-state index contributed by atoms with van der Waals surface area (Å²) in [5.41, 5.74) is 3.70. The number of rotatable bonds is 7. The van der Waals surface area contributed by atoms with Crippen LogP contribution >= 0.6 is 0 Å².